The molecule has 3 aromatic rings. The third kappa shape index (κ3) is 5.77. The van der Waals surface area contributed by atoms with Crippen molar-refractivity contribution in [3.05, 3.63) is 59.2 Å². The predicted molar refractivity (Wildman–Crippen MR) is 124 cm³/mol. The second kappa shape index (κ2) is 9.62. The highest BCUT2D eigenvalue weighted by Crippen LogP contribution is 2.22. The van der Waals surface area contributed by atoms with E-state index in [4.69, 9.17) is 4.74 Å². The number of hydrogen-bond acceptors (Lipinski definition) is 7. The number of amides is 1. The monoisotopic (exact) mass is 469 g/mol. The summed E-state index contributed by atoms with van der Waals surface area (Å²) in [6.45, 7) is 5.49. The number of hydrogen-bond donors (Lipinski definition) is 2. The first-order chi connectivity index (χ1) is 16.2. The minimum atomic E-state index is -0.633. The summed E-state index contributed by atoms with van der Waals surface area (Å²) >= 11 is 0. The Morgan fingerprint density at radius 1 is 1.15 bits per heavy atom. The van der Waals surface area contributed by atoms with Crippen LogP contribution in [0.15, 0.2) is 47.8 Å². The third-order valence-corrected chi connectivity index (χ3v) is 5.39. The number of anilines is 1. The van der Waals surface area contributed by atoms with Crippen molar-refractivity contribution in [2.75, 3.05) is 5.32 Å². The molecule has 11 heteroatoms. The average Bonchev–Trinajstić information content (AvgIpc) is 3.25. The molecular weight excluding hydrogens is 441 g/mol. The lowest BCUT2D eigenvalue weighted by atomic mass is 9.91. The van der Waals surface area contributed by atoms with Crippen LogP contribution in [0.25, 0.3) is 11.5 Å². The van der Waals surface area contributed by atoms with Crippen molar-refractivity contribution in [2.45, 2.75) is 64.1 Å². The van der Waals surface area contributed by atoms with Crippen LogP contribution in [0.1, 0.15) is 46.5 Å². The lowest BCUT2D eigenvalue weighted by Gasteiger charge is -2.30. The number of nitrogens with zero attached hydrogens (tertiary/aromatic N) is 5. The van der Waals surface area contributed by atoms with Gasteiger partial charge < -0.3 is 15.4 Å². The molecule has 0 aromatic carbocycles. The van der Waals surface area contributed by atoms with Crippen LogP contribution in [0.3, 0.4) is 0 Å². The fraction of sp³-hybridized carbons (Fsp3) is 0.435. The largest absolute Gasteiger partial charge is 0.444 e. The molecule has 3 aromatic heterocycles. The SMILES string of the molecule is CC(C)(C)OC(=O)N[C@H]1CC[C@H](Nc2ncc(F)c(-n3cc(-n4ccccc4=O)cn3)n2)CC1. The highest BCUT2D eigenvalue weighted by molar-refractivity contribution is 5.68. The molecule has 1 aliphatic carbocycles. The van der Waals surface area contributed by atoms with Crippen molar-refractivity contribution in [3.8, 4) is 11.5 Å². The van der Waals surface area contributed by atoms with Gasteiger partial charge in [0.2, 0.25) is 5.95 Å². The third-order valence-electron chi connectivity index (χ3n) is 5.39. The zero-order chi connectivity index (χ0) is 24.3. The number of ether oxygens (including phenoxy) is 1. The van der Waals surface area contributed by atoms with Crippen molar-refractivity contribution in [1.29, 1.82) is 0 Å². The Bertz CT molecular complexity index is 1210. The van der Waals surface area contributed by atoms with Crippen molar-refractivity contribution in [1.82, 2.24) is 29.6 Å². The smallest absolute Gasteiger partial charge is 0.407 e. The predicted octanol–water partition coefficient (Wildman–Crippen LogP) is 3.20. The molecule has 1 saturated carbocycles. The molecule has 10 nitrogen and oxygen atoms in total. The van der Waals surface area contributed by atoms with Gasteiger partial charge in [0.25, 0.3) is 5.56 Å². The normalized spacial score (nSPS) is 18.4. The molecular formula is C23H28FN7O3. The maximum Gasteiger partial charge on any atom is 0.407 e. The van der Waals surface area contributed by atoms with E-state index < -0.39 is 17.5 Å². The lowest BCUT2D eigenvalue weighted by Crippen LogP contribution is -2.42. The molecule has 1 fully saturated rings. The Kier molecular flexibility index (Phi) is 6.62. The number of nitrogens with one attached hydrogen (secondary N) is 2. The topological polar surface area (TPSA) is 116 Å². The van der Waals surface area contributed by atoms with Crippen molar-refractivity contribution >= 4 is 12.0 Å². The summed E-state index contributed by atoms with van der Waals surface area (Å²) in [5.74, 6) is -0.368. The molecule has 1 aliphatic rings. The van der Waals surface area contributed by atoms with Crippen molar-refractivity contribution < 1.29 is 13.9 Å². The van der Waals surface area contributed by atoms with Gasteiger partial charge in [0, 0.05) is 24.3 Å². The van der Waals surface area contributed by atoms with E-state index in [1.165, 1.54) is 27.7 Å². The van der Waals surface area contributed by atoms with Gasteiger partial charge in [0.05, 0.1) is 24.3 Å². The van der Waals surface area contributed by atoms with E-state index in [1.807, 2.05) is 20.8 Å². The van der Waals surface area contributed by atoms with Crippen LogP contribution < -0.4 is 16.2 Å². The highest BCUT2D eigenvalue weighted by atomic mass is 19.1. The summed E-state index contributed by atoms with van der Waals surface area (Å²) in [6.07, 6.45) is 8.43. The lowest BCUT2D eigenvalue weighted by molar-refractivity contribution is 0.0492. The molecule has 0 atom stereocenters. The first-order valence-corrected chi connectivity index (χ1v) is 11.2. The fourth-order valence-electron chi connectivity index (χ4n) is 3.82. The molecule has 1 amide bonds. The summed E-state index contributed by atoms with van der Waals surface area (Å²) in [5, 5.41) is 10.3. The molecule has 34 heavy (non-hydrogen) atoms. The van der Waals surface area contributed by atoms with Gasteiger partial charge >= 0.3 is 6.09 Å². The standard InChI is InChI=1S/C23H28FN7O3/c1-23(2,3)34-22(33)28-16-9-7-15(8-10-16)27-21-25-13-18(24)20(29-21)31-14-17(12-26-31)30-11-5-4-6-19(30)32/h4-6,11-16H,7-10H2,1-3H3,(H,28,33)(H,25,27,29)/t15-,16-. The highest BCUT2D eigenvalue weighted by Gasteiger charge is 2.25. The number of pyridine rings is 1. The number of halogens is 1. The first kappa shape index (κ1) is 23.4. The second-order valence-electron chi connectivity index (χ2n) is 9.26. The Balaban J connectivity index is 1.39. The average molecular weight is 470 g/mol. The number of alkyl carbamates (subject to hydrolysis) is 1. The van der Waals surface area contributed by atoms with Gasteiger partial charge in [-0.25, -0.2) is 18.9 Å². The maximum absolute atomic E-state index is 14.5. The van der Waals surface area contributed by atoms with E-state index in [0.29, 0.717) is 5.69 Å². The zero-order valence-corrected chi connectivity index (χ0v) is 19.4. The summed E-state index contributed by atoms with van der Waals surface area (Å²) in [4.78, 5) is 32.4. The van der Waals surface area contributed by atoms with Gasteiger partial charge in [0.15, 0.2) is 11.6 Å². The van der Waals surface area contributed by atoms with Gasteiger partial charge in [-0.05, 0) is 52.5 Å². The van der Waals surface area contributed by atoms with Crippen LogP contribution >= 0.6 is 0 Å². The van der Waals surface area contributed by atoms with E-state index in [2.05, 4.69) is 25.7 Å². The minimum Gasteiger partial charge on any atom is -0.444 e. The van der Waals surface area contributed by atoms with Gasteiger partial charge in [-0.15, -0.1) is 0 Å². The van der Waals surface area contributed by atoms with E-state index in [9.17, 15) is 14.0 Å². The molecule has 3 heterocycles. The summed E-state index contributed by atoms with van der Waals surface area (Å²) < 4.78 is 22.5. The van der Waals surface area contributed by atoms with E-state index >= 15 is 0 Å². The second-order valence-corrected chi connectivity index (χ2v) is 9.26. The van der Waals surface area contributed by atoms with E-state index in [-0.39, 0.29) is 29.4 Å². The van der Waals surface area contributed by atoms with Crippen LogP contribution in [0, 0.1) is 5.82 Å². The summed E-state index contributed by atoms with van der Waals surface area (Å²) in [7, 11) is 0. The summed E-state index contributed by atoms with van der Waals surface area (Å²) in [5.41, 5.74) is -0.259. The molecule has 180 valence electrons. The Morgan fingerprint density at radius 2 is 1.88 bits per heavy atom. The van der Waals surface area contributed by atoms with Crippen LogP contribution in [-0.4, -0.2) is 48.1 Å². The fourth-order valence-corrected chi connectivity index (χ4v) is 3.82. The molecule has 0 saturated heterocycles. The molecule has 0 bridgehead atoms. The van der Waals surface area contributed by atoms with Crippen LogP contribution in [0.2, 0.25) is 0 Å². The van der Waals surface area contributed by atoms with Gasteiger partial charge in [-0.2, -0.15) is 10.1 Å². The van der Waals surface area contributed by atoms with Crippen molar-refractivity contribution in [3.63, 3.8) is 0 Å². The van der Waals surface area contributed by atoms with Crippen LogP contribution in [0.5, 0.6) is 0 Å². The van der Waals surface area contributed by atoms with Crippen molar-refractivity contribution in [2.24, 2.45) is 0 Å². The molecule has 2 N–H and O–H groups in total. The molecule has 0 radical (unpaired) electrons. The number of aromatic nitrogens is 5. The van der Waals surface area contributed by atoms with Gasteiger partial charge in [-0.3, -0.25) is 9.36 Å². The number of carbonyl (C=O) groups excluding carboxylic acids is 1. The van der Waals surface area contributed by atoms with E-state index in [0.717, 1.165) is 31.9 Å². The molecule has 0 aliphatic heterocycles. The quantitative estimate of drug-likeness (QED) is 0.589. The Labute approximate surface area is 196 Å². The van der Waals surface area contributed by atoms with Gasteiger partial charge in [-0.1, -0.05) is 6.07 Å². The Morgan fingerprint density at radius 3 is 2.59 bits per heavy atom. The van der Waals surface area contributed by atoms with Crippen LogP contribution in [0.4, 0.5) is 15.1 Å². The molecule has 0 unspecified atom stereocenters. The first-order valence-electron chi connectivity index (χ1n) is 11.2. The molecule has 4 rings (SSSR count). The zero-order valence-electron chi connectivity index (χ0n) is 19.4. The van der Waals surface area contributed by atoms with Gasteiger partial charge in [0.1, 0.15) is 5.60 Å². The Hall–Kier alpha value is -3.76. The molecule has 0 spiro atoms. The maximum atomic E-state index is 14.5. The number of carbonyl (C=O) groups is 1. The van der Waals surface area contributed by atoms with Crippen LogP contribution in [-0.2, 0) is 4.74 Å². The number of rotatable bonds is 5. The van der Waals surface area contributed by atoms with E-state index in [1.54, 1.807) is 18.3 Å². The summed E-state index contributed by atoms with van der Waals surface area (Å²) in [6, 6.07) is 4.94. The minimum absolute atomic E-state index is 0.0204.